The minimum atomic E-state index is 0.796. The van der Waals surface area contributed by atoms with E-state index in [4.69, 9.17) is 5.73 Å². The fourth-order valence-corrected chi connectivity index (χ4v) is 0.186. The highest BCUT2D eigenvalue weighted by molar-refractivity contribution is 5.03. The quantitative estimate of drug-likeness (QED) is 0.470. The molecule has 0 amide bonds. The summed E-state index contributed by atoms with van der Waals surface area (Å²) in [4.78, 5) is 0. The van der Waals surface area contributed by atoms with Gasteiger partial charge in [0.2, 0.25) is 0 Å². The predicted molar refractivity (Wildman–Crippen MR) is 60.0 cm³/mol. The summed E-state index contributed by atoms with van der Waals surface area (Å²) in [6, 6.07) is 0. The van der Waals surface area contributed by atoms with Crippen LogP contribution in [0.4, 0.5) is 0 Å². The Morgan fingerprint density at radius 3 is 1.50 bits per heavy atom. The first-order valence-electron chi connectivity index (χ1n) is 4.31. The zero-order valence-corrected chi connectivity index (χ0v) is 9.09. The van der Waals surface area contributed by atoms with Gasteiger partial charge in [0.1, 0.15) is 0 Å². The monoisotopic (exact) mass is 169 g/mol. The molecule has 0 heterocycles. The van der Waals surface area contributed by atoms with Crippen molar-refractivity contribution in [2.75, 3.05) is 0 Å². The second-order valence-electron chi connectivity index (χ2n) is 1.81. The largest absolute Gasteiger partial charge is 0.402 e. The van der Waals surface area contributed by atoms with E-state index in [0.29, 0.717) is 0 Å². The Hall–Kier alpha value is -0.980. The lowest BCUT2D eigenvalue weighted by atomic mass is 10.4. The van der Waals surface area contributed by atoms with Gasteiger partial charge in [-0.25, -0.2) is 0 Å². The molecular weight excluding hydrogens is 146 g/mol. The van der Waals surface area contributed by atoms with Crippen LogP contribution in [0, 0.1) is 0 Å². The normalized spacial score (nSPS) is 9.25. The van der Waals surface area contributed by atoms with Gasteiger partial charge in [-0.2, -0.15) is 0 Å². The van der Waals surface area contributed by atoms with Gasteiger partial charge < -0.3 is 5.73 Å². The maximum absolute atomic E-state index is 5.19. The molecule has 1 heteroatoms. The van der Waals surface area contributed by atoms with Crippen molar-refractivity contribution in [2.24, 2.45) is 5.73 Å². The van der Waals surface area contributed by atoms with Crippen LogP contribution in [0.1, 0.15) is 34.6 Å². The minimum absolute atomic E-state index is 0.796. The molecule has 72 valence electrons. The van der Waals surface area contributed by atoms with E-state index in [-0.39, 0.29) is 0 Å². The molecule has 0 bridgehead atoms. The summed E-state index contributed by atoms with van der Waals surface area (Å²) in [6.45, 7) is 13.3. The fourth-order valence-electron chi connectivity index (χ4n) is 0.186. The van der Waals surface area contributed by atoms with Crippen molar-refractivity contribution in [3.05, 3.63) is 36.6 Å². The molecule has 0 aliphatic rings. The van der Waals surface area contributed by atoms with Crippen LogP contribution in [0.15, 0.2) is 36.6 Å². The molecule has 0 spiro atoms. The van der Waals surface area contributed by atoms with E-state index < -0.39 is 0 Å². The van der Waals surface area contributed by atoms with Crippen molar-refractivity contribution in [3.8, 4) is 0 Å². The molecule has 2 N–H and O–H groups in total. The van der Waals surface area contributed by atoms with Crippen molar-refractivity contribution in [3.63, 3.8) is 0 Å². The summed E-state index contributed by atoms with van der Waals surface area (Å²) in [5, 5.41) is 0. The highest BCUT2D eigenvalue weighted by atomic mass is 14.5. The van der Waals surface area contributed by atoms with Gasteiger partial charge in [-0.15, -0.1) is 0 Å². The second kappa shape index (κ2) is 22.5. The molecule has 0 atom stereocenters. The molecule has 0 saturated heterocycles. The molecule has 0 aliphatic carbocycles. The summed E-state index contributed by atoms with van der Waals surface area (Å²) in [5.41, 5.74) is 5.99. The zero-order valence-electron chi connectivity index (χ0n) is 9.09. The van der Waals surface area contributed by atoms with Crippen LogP contribution in [-0.2, 0) is 0 Å². The maximum Gasteiger partial charge on any atom is 0.00486 e. The van der Waals surface area contributed by atoms with E-state index in [9.17, 15) is 0 Å². The third-order valence-electron chi connectivity index (χ3n) is 0.714. The Labute approximate surface area is 77.7 Å². The summed E-state index contributed by atoms with van der Waals surface area (Å²) in [5.74, 6) is 0. The van der Waals surface area contributed by atoms with Crippen LogP contribution in [0.25, 0.3) is 0 Å². The van der Waals surface area contributed by atoms with Crippen LogP contribution in [0.2, 0.25) is 0 Å². The number of rotatable bonds is 1. The Balaban J connectivity index is -0.000000118. The number of allylic oxidation sites excluding steroid dienone is 5. The van der Waals surface area contributed by atoms with Crippen LogP contribution in [-0.4, -0.2) is 0 Å². The average molecular weight is 169 g/mol. The molecule has 0 aromatic heterocycles. The Kier molecular flexibility index (Phi) is 32.2. The van der Waals surface area contributed by atoms with E-state index in [1.54, 1.807) is 12.2 Å². The molecule has 0 aliphatic heterocycles. The molecule has 0 rings (SSSR count). The van der Waals surface area contributed by atoms with E-state index in [1.807, 2.05) is 46.8 Å². The van der Waals surface area contributed by atoms with Gasteiger partial charge in [0, 0.05) is 5.70 Å². The summed E-state index contributed by atoms with van der Waals surface area (Å²) in [7, 11) is 0. The standard InChI is InChI=1S/C5H9N.C4H8.C2H6/c1-3-4-5(2)6;1-3-4-2;1-2/h3-4H,1,6H2,2H3;3-4H,1-2H3;1-2H3/b5-4+;4-3-;. The highest BCUT2D eigenvalue weighted by Gasteiger charge is 1.63. The minimum Gasteiger partial charge on any atom is -0.402 e. The van der Waals surface area contributed by atoms with Crippen LogP contribution < -0.4 is 5.73 Å². The van der Waals surface area contributed by atoms with Crippen molar-refractivity contribution >= 4 is 0 Å². The van der Waals surface area contributed by atoms with Crippen LogP contribution in [0.5, 0.6) is 0 Å². The average Bonchev–Trinajstić information content (AvgIpc) is 2.08. The molecule has 0 aromatic rings. The number of hydrogen-bond donors (Lipinski definition) is 1. The summed E-state index contributed by atoms with van der Waals surface area (Å²) in [6.07, 6.45) is 7.41. The second-order valence-corrected chi connectivity index (χ2v) is 1.81. The lowest BCUT2D eigenvalue weighted by Crippen LogP contribution is -1.87. The van der Waals surface area contributed by atoms with E-state index in [2.05, 4.69) is 6.58 Å². The van der Waals surface area contributed by atoms with Gasteiger partial charge in [-0.1, -0.05) is 38.7 Å². The smallest absolute Gasteiger partial charge is 0.00486 e. The van der Waals surface area contributed by atoms with Crippen molar-refractivity contribution in [1.29, 1.82) is 0 Å². The van der Waals surface area contributed by atoms with Gasteiger partial charge >= 0.3 is 0 Å². The molecule has 1 nitrogen and oxygen atoms in total. The van der Waals surface area contributed by atoms with E-state index in [1.165, 1.54) is 0 Å². The SMILES string of the molecule is C/C=C\C.C=C/C=C(\C)N.CC. The van der Waals surface area contributed by atoms with Crippen LogP contribution >= 0.6 is 0 Å². The van der Waals surface area contributed by atoms with Crippen molar-refractivity contribution < 1.29 is 0 Å². The number of hydrogen-bond acceptors (Lipinski definition) is 1. The Morgan fingerprint density at radius 1 is 1.17 bits per heavy atom. The van der Waals surface area contributed by atoms with Crippen LogP contribution in [0.3, 0.4) is 0 Å². The predicted octanol–water partition coefficient (Wildman–Crippen LogP) is 3.64. The lowest BCUT2D eigenvalue weighted by Gasteiger charge is -1.78. The van der Waals surface area contributed by atoms with E-state index >= 15 is 0 Å². The van der Waals surface area contributed by atoms with Gasteiger partial charge in [-0.05, 0) is 26.8 Å². The van der Waals surface area contributed by atoms with Crippen molar-refractivity contribution in [1.82, 2.24) is 0 Å². The number of nitrogens with two attached hydrogens (primary N) is 1. The van der Waals surface area contributed by atoms with Crippen molar-refractivity contribution in [2.45, 2.75) is 34.6 Å². The third-order valence-corrected chi connectivity index (χ3v) is 0.714. The molecule has 0 radical (unpaired) electrons. The van der Waals surface area contributed by atoms with Gasteiger partial charge in [0.15, 0.2) is 0 Å². The lowest BCUT2D eigenvalue weighted by molar-refractivity contribution is 1.32. The molecule has 0 unspecified atom stereocenters. The first-order chi connectivity index (χ1) is 5.68. The van der Waals surface area contributed by atoms with Gasteiger partial charge in [-0.3, -0.25) is 0 Å². The Bertz CT molecular complexity index is 113. The summed E-state index contributed by atoms with van der Waals surface area (Å²) >= 11 is 0. The molecule has 0 saturated carbocycles. The first kappa shape index (κ1) is 17.2. The molecule has 0 fully saturated rings. The Morgan fingerprint density at radius 2 is 1.50 bits per heavy atom. The summed E-state index contributed by atoms with van der Waals surface area (Å²) < 4.78 is 0. The molecular formula is C11H23N. The van der Waals surface area contributed by atoms with E-state index in [0.717, 1.165) is 5.70 Å². The fraction of sp³-hybridized carbons (Fsp3) is 0.455. The zero-order chi connectivity index (χ0) is 10.4. The van der Waals surface area contributed by atoms with Gasteiger partial charge in [0.05, 0.1) is 0 Å². The molecule has 0 aromatic carbocycles. The third kappa shape index (κ3) is 63.6. The first-order valence-corrected chi connectivity index (χ1v) is 4.31. The highest BCUT2D eigenvalue weighted by Crippen LogP contribution is 1.75. The topological polar surface area (TPSA) is 26.0 Å². The maximum atomic E-state index is 5.19. The van der Waals surface area contributed by atoms with Gasteiger partial charge in [0.25, 0.3) is 0 Å². The molecule has 12 heavy (non-hydrogen) atoms.